The Labute approximate surface area is 188 Å². The third-order valence-corrected chi connectivity index (χ3v) is 5.01. The molecule has 1 aromatic carbocycles. The van der Waals surface area contributed by atoms with E-state index in [-0.39, 0.29) is 5.91 Å². The molecule has 2 aromatic heterocycles. The summed E-state index contributed by atoms with van der Waals surface area (Å²) in [5.74, 6) is -2.76. The van der Waals surface area contributed by atoms with Crippen molar-refractivity contribution < 1.29 is 27.9 Å². The van der Waals surface area contributed by atoms with Crippen LogP contribution in [-0.2, 0) is 17.6 Å². The molecule has 1 aliphatic heterocycles. The summed E-state index contributed by atoms with van der Waals surface area (Å²) in [5.41, 5.74) is 7.18. The SMILES string of the molecule is CCc1ccccc1/C=C/c1cc(-c2cc3c([nH]2)CCNC3=O)ccn1.O=C(O)C(F)(F)F. The van der Waals surface area contributed by atoms with Gasteiger partial charge in [-0.1, -0.05) is 37.3 Å². The van der Waals surface area contributed by atoms with E-state index in [1.807, 2.05) is 24.3 Å². The highest BCUT2D eigenvalue weighted by Crippen LogP contribution is 2.25. The van der Waals surface area contributed by atoms with Crippen molar-refractivity contribution in [1.82, 2.24) is 15.3 Å². The van der Waals surface area contributed by atoms with Gasteiger partial charge in [0.25, 0.3) is 5.91 Å². The Hall–Kier alpha value is -3.88. The number of pyridine rings is 1. The van der Waals surface area contributed by atoms with Crippen LogP contribution in [0.3, 0.4) is 0 Å². The highest BCUT2D eigenvalue weighted by Gasteiger charge is 2.38. The number of aromatic nitrogens is 2. The van der Waals surface area contributed by atoms with Crippen LogP contribution in [-0.4, -0.2) is 39.7 Å². The van der Waals surface area contributed by atoms with E-state index < -0.39 is 12.1 Å². The second kappa shape index (κ2) is 10.2. The van der Waals surface area contributed by atoms with Gasteiger partial charge in [0, 0.05) is 36.1 Å². The number of carbonyl (C=O) groups is 2. The van der Waals surface area contributed by atoms with Crippen LogP contribution in [0.2, 0.25) is 0 Å². The molecule has 0 saturated carbocycles. The van der Waals surface area contributed by atoms with Gasteiger partial charge >= 0.3 is 12.1 Å². The molecule has 0 unspecified atom stereocenters. The number of carboxylic acids is 1. The average molecular weight is 457 g/mol. The van der Waals surface area contributed by atoms with E-state index in [0.717, 1.165) is 41.1 Å². The summed E-state index contributed by atoms with van der Waals surface area (Å²) in [4.78, 5) is 28.7. The van der Waals surface area contributed by atoms with Gasteiger partial charge in [-0.05, 0) is 41.8 Å². The molecule has 0 saturated heterocycles. The van der Waals surface area contributed by atoms with Crippen molar-refractivity contribution in [2.24, 2.45) is 0 Å². The first-order chi connectivity index (χ1) is 15.7. The quantitative estimate of drug-likeness (QED) is 0.528. The first kappa shape index (κ1) is 23.8. The standard InChI is InChI=1S/C22H21N3O.C2HF3O2/c1-2-15-5-3-4-6-16(15)7-8-18-13-17(9-11-23-18)21-14-19-20(25-21)10-12-24-22(19)26;3-2(4,5)1(6)7/h3-9,11,13-14,25H,2,10,12H2,1H3,(H,24,26);(H,6,7)/b8-7+;. The highest BCUT2D eigenvalue weighted by atomic mass is 19.4. The summed E-state index contributed by atoms with van der Waals surface area (Å²) < 4.78 is 31.7. The van der Waals surface area contributed by atoms with E-state index in [1.165, 1.54) is 11.1 Å². The Kier molecular flexibility index (Phi) is 7.32. The number of hydrogen-bond acceptors (Lipinski definition) is 3. The van der Waals surface area contributed by atoms with Crippen LogP contribution in [0.1, 0.15) is 39.8 Å². The topological polar surface area (TPSA) is 95.1 Å². The lowest BCUT2D eigenvalue weighted by Gasteiger charge is -2.10. The number of nitrogens with one attached hydrogen (secondary N) is 2. The summed E-state index contributed by atoms with van der Waals surface area (Å²) in [5, 5.41) is 10.0. The van der Waals surface area contributed by atoms with E-state index in [4.69, 9.17) is 9.90 Å². The maximum Gasteiger partial charge on any atom is 0.490 e. The summed E-state index contributed by atoms with van der Waals surface area (Å²) in [6.07, 6.45) is 2.71. The Morgan fingerprint density at radius 2 is 1.91 bits per heavy atom. The molecule has 4 rings (SSSR count). The summed E-state index contributed by atoms with van der Waals surface area (Å²) in [6.45, 7) is 2.85. The number of halogens is 3. The summed E-state index contributed by atoms with van der Waals surface area (Å²) in [7, 11) is 0. The molecule has 3 heterocycles. The van der Waals surface area contributed by atoms with E-state index in [9.17, 15) is 18.0 Å². The zero-order valence-electron chi connectivity index (χ0n) is 17.7. The minimum absolute atomic E-state index is 0.000835. The number of H-pyrrole nitrogens is 1. The minimum Gasteiger partial charge on any atom is -0.475 e. The number of fused-ring (bicyclic) bond motifs is 1. The van der Waals surface area contributed by atoms with Gasteiger partial charge in [0.1, 0.15) is 0 Å². The number of rotatable bonds is 4. The van der Waals surface area contributed by atoms with Crippen molar-refractivity contribution in [3.63, 3.8) is 0 Å². The molecule has 6 nitrogen and oxygen atoms in total. The van der Waals surface area contributed by atoms with Crippen molar-refractivity contribution in [3.05, 3.63) is 76.7 Å². The largest absolute Gasteiger partial charge is 0.490 e. The zero-order valence-corrected chi connectivity index (χ0v) is 17.7. The van der Waals surface area contributed by atoms with Gasteiger partial charge < -0.3 is 15.4 Å². The molecular formula is C24H22F3N3O3. The van der Waals surface area contributed by atoms with Crippen LogP contribution in [0, 0.1) is 0 Å². The summed E-state index contributed by atoms with van der Waals surface area (Å²) in [6, 6.07) is 14.3. The lowest BCUT2D eigenvalue weighted by Crippen LogP contribution is -2.31. The first-order valence-electron chi connectivity index (χ1n) is 10.2. The molecule has 172 valence electrons. The smallest absolute Gasteiger partial charge is 0.475 e. The van der Waals surface area contributed by atoms with Crippen LogP contribution in [0.4, 0.5) is 13.2 Å². The van der Waals surface area contributed by atoms with Crippen LogP contribution in [0.25, 0.3) is 23.4 Å². The van der Waals surface area contributed by atoms with Crippen molar-refractivity contribution >= 4 is 24.0 Å². The molecule has 3 N–H and O–H groups in total. The van der Waals surface area contributed by atoms with Gasteiger partial charge in [-0.2, -0.15) is 13.2 Å². The van der Waals surface area contributed by atoms with Crippen LogP contribution < -0.4 is 5.32 Å². The average Bonchev–Trinajstić information content (AvgIpc) is 3.24. The van der Waals surface area contributed by atoms with Gasteiger partial charge in [0.15, 0.2) is 0 Å². The molecule has 3 aromatic rings. The summed E-state index contributed by atoms with van der Waals surface area (Å²) >= 11 is 0. The third-order valence-electron chi connectivity index (χ3n) is 5.01. The molecule has 0 aliphatic carbocycles. The number of aliphatic carboxylic acids is 1. The maximum atomic E-state index is 12.0. The second-order valence-electron chi connectivity index (χ2n) is 7.24. The first-order valence-corrected chi connectivity index (χ1v) is 10.2. The van der Waals surface area contributed by atoms with E-state index in [0.29, 0.717) is 6.54 Å². The molecule has 9 heteroatoms. The number of benzene rings is 1. The fourth-order valence-electron chi connectivity index (χ4n) is 3.35. The van der Waals surface area contributed by atoms with Crippen LogP contribution >= 0.6 is 0 Å². The van der Waals surface area contributed by atoms with Crippen LogP contribution in [0.5, 0.6) is 0 Å². The third kappa shape index (κ3) is 6.09. The van der Waals surface area contributed by atoms with Gasteiger partial charge in [0.2, 0.25) is 0 Å². The molecule has 0 fully saturated rings. The fraction of sp³-hybridized carbons (Fsp3) is 0.208. The Bertz CT molecular complexity index is 1180. The van der Waals surface area contributed by atoms with E-state index in [2.05, 4.69) is 52.5 Å². The molecule has 0 radical (unpaired) electrons. The molecule has 1 amide bonds. The normalized spacial score (nSPS) is 13.2. The maximum absolute atomic E-state index is 12.0. The molecule has 33 heavy (non-hydrogen) atoms. The predicted octanol–water partition coefficient (Wildman–Crippen LogP) is 4.73. The van der Waals surface area contributed by atoms with E-state index in [1.54, 1.807) is 6.20 Å². The predicted molar refractivity (Wildman–Crippen MR) is 118 cm³/mol. The van der Waals surface area contributed by atoms with Crippen molar-refractivity contribution in [3.8, 4) is 11.3 Å². The Morgan fingerprint density at radius 3 is 2.58 bits per heavy atom. The number of nitrogens with zero attached hydrogens (tertiary/aromatic N) is 1. The Balaban J connectivity index is 0.000000383. The molecule has 0 bridgehead atoms. The number of aromatic amines is 1. The van der Waals surface area contributed by atoms with Gasteiger partial charge in [0.05, 0.1) is 11.3 Å². The van der Waals surface area contributed by atoms with Crippen LogP contribution in [0.15, 0.2) is 48.7 Å². The number of carbonyl (C=O) groups excluding carboxylic acids is 1. The monoisotopic (exact) mass is 457 g/mol. The number of aryl methyl sites for hydroxylation is 1. The van der Waals surface area contributed by atoms with Crippen molar-refractivity contribution in [1.29, 1.82) is 0 Å². The molecule has 0 atom stereocenters. The number of carboxylic acid groups (broad SMARTS) is 1. The zero-order chi connectivity index (χ0) is 24.0. The number of alkyl halides is 3. The minimum atomic E-state index is -5.08. The lowest BCUT2D eigenvalue weighted by molar-refractivity contribution is -0.192. The Morgan fingerprint density at radius 1 is 1.18 bits per heavy atom. The lowest BCUT2D eigenvalue weighted by atomic mass is 10.0. The van der Waals surface area contributed by atoms with Gasteiger partial charge in [-0.3, -0.25) is 9.78 Å². The van der Waals surface area contributed by atoms with Crippen molar-refractivity contribution in [2.45, 2.75) is 25.9 Å². The number of amides is 1. The van der Waals surface area contributed by atoms with Crippen molar-refractivity contribution in [2.75, 3.05) is 6.54 Å². The fourth-order valence-corrected chi connectivity index (χ4v) is 3.35. The molecule has 1 aliphatic rings. The molecular weight excluding hydrogens is 435 g/mol. The second-order valence-corrected chi connectivity index (χ2v) is 7.24. The number of hydrogen-bond donors (Lipinski definition) is 3. The highest BCUT2D eigenvalue weighted by molar-refractivity contribution is 5.97. The van der Waals surface area contributed by atoms with E-state index >= 15 is 0 Å². The molecule has 0 spiro atoms. The van der Waals surface area contributed by atoms with Gasteiger partial charge in [-0.25, -0.2) is 4.79 Å². The van der Waals surface area contributed by atoms with Gasteiger partial charge in [-0.15, -0.1) is 0 Å².